The van der Waals surface area contributed by atoms with Crippen molar-refractivity contribution in [1.82, 2.24) is 14.9 Å². The molecule has 0 radical (unpaired) electrons. The van der Waals surface area contributed by atoms with Crippen LogP contribution in [0.5, 0.6) is 5.75 Å². The summed E-state index contributed by atoms with van der Waals surface area (Å²) in [5.74, 6) is 1.45. The summed E-state index contributed by atoms with van der Waals surface area (Å²) in [6.07, 6.45) is 0.693. The zero-order chi connectivity index (χ0) is 19.7. The second-order valence-electron chi connectivity index (χ2n) is 6.73. The second-order valence-corrected chi connectivity index (χ2v) is 7.14. The third kappa shape index (κ3) is 3.45. The number of hydrogen-bond donors (Lipinski definition) is 0. The molecule has 142 valence electrons. The van der Waals surface area contributed by atoms with Crippen molar-refractivity contribution in [2.75, 3.05) is 13.7 Å². The average molecular weight is 394 g/mol. The maximum absolute atomic E-state index is 13.0. The van der Waals surface area contributed by atoms with Gasteiger partial charge in [-0.05, 0) is 43.3 Å². The molecule has 5 nitrogen and oxygen atoms in total. The molecule has 28 heavy (non-hydrogen) atoms. The smallest absolute Gasteiger partial charge is 0.255 e. The lowest BCUT2D eigenvalue weighted by Crippen LogP contribution is -2.37. The van der Waals surface area contributed by atoms with Crippen LogP contribution in [-0.2, 0) is 13.0 Å². The molecule has 6 heteroatoms. The standard InChI is InChI=1S/C22H20ClN3O2/c1-14-24-20-11-12-26(22(27)17-5-3-4-6-19(17)23)13-18(20)21(25-14)15-7-9-16(28-2)10-8-15/h3-10H,11-13H2,1-2H3. The minimum Gasteiger partial charge on any atom is -0.497 e. The summed E-state index contributed by atoms with van der Waals surface area (Å²) >= 11 is 6.23. The maximum atomic E-state index is 13.0. The lowest BCUT2D eigenvalue weighted by Gasteiger charge is -2.30. The summed E-state index contributed by atoms with van der Waals surface area (Å²) in [6, 6.07) is 14.9. The number of hydrogen-bond acceptors (Lipinski definition) is 4. The quantitative estimate of drug-likeness (QED) is 0.665. The summed E-state index contributed by atoms with van der Waals surface area (Å²) in [4.78, 5) is 24.1. The van der Waals surface area contributed by atoms with Gasteiger partial charge in [0.1, 0.15) is 11.6 Å². The highest BCUT2D eigenvalue weighted by Crippen LogP contribution is 2.30. The van der Waals surface area contributed by atoms with Crippen LogP contribution in [0.4, 0.5) is 0 Å². The largest absolute Gasteiger partial charge is 0.497 e. The van der Waals surface area contributed by atoms with Gasteiger partial charge in [-0.3, -0.25) is 4.79 Å². The number of fused-ring (bicyclic) bond motifs is 1. The molecule has 3 aromatic rings. The Morgan fingerprint density at radius 1 is 1.11 bits per heavy atom. The van der Waals surface area contributed by atoms with Crippen LogP contribution in [0.3, 0.4) is 0 Å². The molecule has 0 atom stereocenters. The van der Waals surface area contributed by atoms with Crippen LogP contribution in [0.1, 0.15) is 27.4 Å². The Balaban J connectivity index is 1.71. The van der Waals surface area contributed by atoms with Crippen LogP contribution < -0.4 is 4.74 Å². The monoisotopic (exact) mass is 393 g/mol. The summed E-state index contributed by atoms with van der Waals surface area (Å²) < 4.78 is 5.25. The predicted octanol–water partition coefficient (Wildman–Crippen LogP) is 4.31. The minimum absolute atomic E-state index is 0.0718. The fourth-order valence-corrected chi connectivity index (χ4v) is 3.72. The first-order valence-corrected chi connectivity index (χ1v) is 9.49. The van der Waals surface area contributed by atoms with Gasteiger partial charge in [0.25, 0.3) is 5.91 Å². The molecular weight excluding hydrogens is 374 g/mol. The topological polar surface area (TPSA) is 55.3 Å². The Bertz CT molecular complexity index is 1030. The number of rotatable bonds is 3. The fourth-order valence-electron chi connectivity index (χ4n) is 3.50. The molecule has 2 aromatic carbocycles. The molecule has 1 aliphatic rings. The van der Waals surface area contributed by atoms with Crippen LogP contribution in [0.2, 0.25) is 5.02 Å². The Labute approximate surface area is 169 Å². The van der Waals surface area contributed by atoms with Gasteiger partial charge in [0, 0.05) is 30.6 Å². The molecule has 1 aromatic heterocycles. The summed E-state index contributed by atoms with van der Waals surface area (Å²) in [6.45, 7) is 2.96. The SMILES string of the molecule is COc1ccc(-c2nc(C)nc3c2CN(C(=O)c2ccccc2Cl)CC3)cc1. The third-order valence-electron chi connectivity index (χ3n) is 4.93. The number of benzene rings is 2. The summed E-state index contributed by atoms with van der Waals surface area (Å²) in [5, 5.41) is 0.467. The summed E-state index contributed by atoms with van der Waals surface area (Å²) in [5.41, 5.74) is 4.35. The first-order chi connectivity index (χ1) is 13.6. The molecule has 1 amide bonds. The molecule has 0 saturated heterocycles. The van der Waals surface area contributed by atoms with Gasteiger partial charge in [-0.1, -0.05) is 23.7 Å². The molecule has 2 heterocycles. The van der Waals surface area contributed by atoms with Crippen molar-refractivity contribution < 1.29 is 9.53 Å². The number of aryl methyl sites for hydroxylation is 1. The van der Waals surface area contributed by atoms with Crippen molar-refractivity contribution >= 4 is 17.5 Å². The molecule has 0 fully saturated rings. The molecule has 4 rings (SSSR count). The molecule has 0 spiro atoms. The van der Waals surface area contributed by atoms with Crippen molar-refractivity contribution in [2.45, 2.75) is 19.9 Å². The van der Waals surface area contributed by atoms with Gasteiger partial charge in [-0.15, -0.1) is 0 Å². The first kappa shape index (κ1) is 18.4. The molecule has 0 N–H and O–H groups in total. The zero-order valence-electron chi connectivity index (χ0n) is 15.8. The number of carbonyl (C=O) groups excluding carboxylic acids is 1. The van der Waals surface area contributed by atoms with Crippen molar-refractivity contribution in [2.24, 2.45) is 0 Å². The highest BCUT2D eigenvalue weighted by atomic mass is 35.5. The molecular formula is C22H20ClN3O2. The first-order valence-electron chi connectivity index (χ1n) is 9.11. The molecule has 1 aliphatic heterocycles. The Kier molecular flexibility index (Phi) is 5.01. The van der Waals surface area contributed by atoms with Crippen molar-refractivity contribution in [3.05, 3.63) is 76.2 Å². The maximum Gasteiger partial charge on any atom is 0.255 e. The molecule has 0 aliphatic carbocycles. The molecule has 0 unspecified atom stereocenters. The van der Waals surface area contributed by atoms with Gasteiger partial charge in [-0.2, -0.15) is 0 Å². The van der Waals surface area contributed by atoms with E-state index in [2.05, 4.69) is 9.97 Å². The van der Waals surface area contributed by atoms with E-state index < -0.39 is 0 Å². The lowest BCUT2D eigenvalue weighted by molar-refractivity contribution is 0.0734. The van der Waals surface area contributed by atoms with Gasteiger partial charge in [-0.25, -0.2) is 9.97 Å². The van der Waals surface area contributed by atoms with E-state index in [0.717, 1.165) is 34.1 Å². The van der Waals surface area contributed by atoms with E-state index in [1.54, 1.807) is 19.2 Å². The van der Waals surface area contributed by atoms with E-state index in [1.807, 2.05) is 48.2 Å². The van der Waals surface area contributed by atoms with Crippen LogP contribution in [0.25, 0.3) is 11.3 Å². The van der Waals surface area contributed by atoms with E-state index in [4.69, 9.17) is 16.3 Å². The van der Waals surface area contributed by atoms with E-state index in [1.165, 1.54) is 0 Å². The highest BCUT2D eigenvalue weighted by molar-refractivity contribution is 6.33. The minimum atomic E-state index is -0.0718. The third-order valence-corrected chi connectivity index (χ3v) is 5.26. The van der Waals surface area contributed by atoms with Gasteiger partial charge >= 0.3 is 0 Å². The Hall–Kier alpha value is -2.92. The number of ether oxygens (including phenoxy) is 1. The number of aromatic nitrogens is 2. The Morgan fingerprint density at radius 3 is 2.57 bits per heavy atom. The number of methoxy groups -OCH3 is 1. The van der Waals surface area contributed by atoms with Crippen LogP contribution in [0, 0.1) is 6.92 Å². The van der Waals surface area contributed by atoms with Crippen molar-refractivity contribution in [3.63, 3.8) is 0 Å². The normalized spacial score (nSPS) is 13.2. The van der Waals surface area contributed by atoms with E-state index in [0.29, 0.717) is 30.1 Å². The summed E-state index contributed by atoms with van der Waals surface area (Å²) in [7, 11) is 1.64. The van der Waals surface area contributed by atoms with Crippen molar-refractivity contribution in [3.8, 4) is 17.0 Å². The highest BCUT2D eigenvalue weighted by Gasteiger charge is 2.27. The van der Waals surface area contributed by atoms with E-state index in [9.17, 15) is 4.79 Å². The molecule has 0 saturated carbocycles. The van der Waals surface area contributed by atoms with E-state index in [-0.39, 0.29) is 5.91 Å². The van der Waals surface area contributed by atoms with Gasteiger partial charge in [0.05, 0.1) is 29.1 Å². The number of carbonyl (C=O) groups is 1. The average Bonchev–Trinajstić information content (AvgIpc) is 2.73. The predicted molar refractivity (Wildman–Crippen MR) is 109 cm³/mol. The van der Waals surface area contributed by atoms with Gasteiger partial charge in [0.15, 0.2) is 0 Å². The molecule has 0 bridgehead atoms. The van der Waals surface area contributed by atoms with Crippen LogP contribution in [0.15, 0.2) is 48.5 Å². The number of nitrogens with zero attached hydrogens (tertiary/aromatic N) is 3. The van der Waals surface area contributed by atoms with Crippen LogP contribution in [-0.4, -0.2) is 34.4 Å². The van der Waals surface area contributed by atoms with E-state index >= 15 is 0 Å². The number of halogens is 1. The zero-order valence-corrected chi connectivity index (χ0v) is 16.5. The lowest BCUT2D eigenvalue weighted by atomic mass is 9.98. The second kappa shape index (κ2) is 7.60. The number of amides is 1. The van der Waals surface area contributed by atoms with Gasteiger partial charge < -0.3 is 9.64 Å². The van der Waals surface area contributed by atoms with Gasteiger partial charge in [0.2, 0.25) is 0 Å². The fraction of sp³-hybridized carbons (Fsp3) is 0.227. The van der Waals surface area contributed by atoms with Crippen molar-refractivity contribution in [1.29, 1.82) is 0 Å². The Morgan fingerprint density at radius 2 is 1.86 bits per heavy atom. The van der Waals surface area contributed by atoms with Crippen LogP contribution >= 0.6 is 11.6 Å².